The maximum atomic E-state index is 12.6. The number of nitrogens with zero attached hydrogens (tertiary/aromatic N) is 2. The van der Waals surface area contributed by atoms with Crippen LogP contribution in [0.15, 0.2) is 24.3 Å². The van der Waals surface area contributed by atoms with E-state index >= 15 is 0 Å². The third-order valence-corrected chi connectivity index (χ3v) is 4.80. The number of amides is 1. The number of aliphatic hydroxyl groups is 1. The van der Waals surface area contributed by atoms with E-state index < -0.39 is 0 Å². The largest absolute Gasteiger partial charge is 0.497 e. The van der Waals surface area contributed by atoms with Gasteiger partial charge in [0.05, 0.1) is 26.3 Å². The van der Waals surface area contributed by atoms with Gasteiger partial charge in [0, 0.05) is 13.1 Å². The minimum absolute atomic E-state index is 0.0177. The topological polar surface area (TPSA) is 53.0 Å². The van der Waals surface area contributed by atoms with Crippen LogP contribution >= 0.6 is 0 Å². The van der Waals surface area contributed by atoms with E-state index in [1.165, 1.54) is 19.3 Å². The van der Waals surface area contributed by atoms with Crippen LogP contribution in [-0.2, 0) is 4.79 Å². The summed E-state index contributed by atoms with van der Waals surface area (Å²) in [5, 5.41) is 9.78. The molecule has 1 atom stereocenters. The molecular weight excluding hydrogens is 304 g/mol. The molecule has 2 rings (SSSR count). The van der Waals surface area contributed by atoms with Gasteiger partial charge in [-0.3, -0.25) is 9.69 Å². The average molecular weight is 334 g/mol. The number of ether oxygens (including phenoxy) is 1. The van der Waals surface area contributed by atoms with Crippen LogP contribution in [0.5, 0.6) is 5.75 Å². The summed E-state index contributed by atoms with van der Waals surface area (Å²) in [6, 6.07) is 7.46. The van der Waals surface area contributed by atoms with E-state index in [9.17, 15) is 9.90 Å². The van der Waals surface area contributed by atoms with Crippen LogP contribution < -0.4 is 4.74 Å². The zero-order valence-electron chi connectivity index (χ0n) is 14.9. The maximum Gasteiger partial charge on any atom is 0.236 e. The molecule has 1 aromatic rings. The van der Waals surface area contributed by atoms with Crippen molar-refractivity contribution >= 4 is 5.91 Å². The molecule has 0 bridgehead atoms. The van der Waals surface area contributed by atoms with E-state index in [1.807, 2.05) is 41.1 Å². The van der Waals surface area contributed by atoms with Gasteiger partial charge in [-0.15, -0.1) is 0 Å². The van der Waals surface area contributed by atoms with Crippen molar-refractivity contribution in [3.63, 3.8) is 0 Å². The van der Waals surface area contributed by atoms with Gasteiger partial charge in [-0.05, 0) is 37.6 Å². The number of hydrogen-bond acceptors (Lipinski definition) is 4. The van der Waals surface area contributed by atoms with Crippen LogP contribution in [0.3, 0.4) is 0 Å². The Bertz CT molecular complexity index is 496. The molecule has 1 amide bonds. The summed E-state index contributed by atoms with van der Waals surface area (Å²) in [6.07, 6.45) is 5.90. The molecule has 5 nitrogen and oxygen atoms in total. The first kappa shape index (κ1) is 18.7. The van der Waals surface area contributed by atoms with Crippen molar-refractivity contribution in [1.29, 1.82) is 0 Å². The highest BCUT2D eigenvalue weighted by molar-refractivity contribution is 5.78. The van der Waals surface area contributed by atoms with Crippen LogP contribution in [0, 0.1) is 0 Å². The van der Waals surface area contributed by atoms with Crippen molar-refractivity contribution < 1.29 is 14.6 Å². The Kier molecular flexibility index (Phi) is 7.53. The lowest BCUT2D eigenvalue weighted by Crippen LogP contribution is -2.42. The lowest BCUT2D eigenvalue weighted by molar-refractivity contribution is -0.133. The number of likely N-dealkylation sites (N-methyl/N-ethyl adjacent to an activating group) is 1. The number of rotatable bonds is 6. The van der Waals surface area contributed by atoms with E-state index in [-0.39, 0.29) is 18.6 Å². The van der Waals surface area contributed by atoms with Crippen LogP contribution in [0.2, 0.25) is 0 Å². The SMILES string of the molecule is COc1ccc([C@H](CO)N(C)CC(=O)N2CCCCCCC2)cc1. The smallest absolute Gasteiger partial charge is 0.236 e. The van der Waals surface area contributed by atoms with E-state index in [1.54, 1.807) is 7.11 Å². The van der Waals surface area contributed by atoms with Crippen molar-refractivity contribution in [3.05, 3.63) is 29.8 Å². The molecule has 1 N–H and O–H groups in total. The molecule has 1 fully saturated rings. The normalized spacial score (nSPS) is 17.2. The maximum absolute atomic E-state index is 12.6. The number of likely N-dealkylation sites (tertiary alicyclic amines) is 1. The summed E-state index contributed by atoms with van der Waals surface area (Å²) in [5.74, 6) is 0.946. The van der Waals surface area contributed by atoms with Gasteiger partial charge in [-0.25, -0.2) is 0 Å². The lowest BCUT2D eigenvalue weighted by atomic mass is 10.1. The van der Waals surface area contributed by atoms with E-state index in [0.29, 0.717) is 6.54 Å². The van der Waals surface area contributed by atoms with Gasteiger partial charge in [0.1, 0.15) is 5.75 Å². The lowest BCUT2D eigenvalue weighted by Gasteiger charge is -2.30. The second-order valence-electron chi connectivity index (χ2n) is 6.54. The number of methoxy groups -OCH3 is 1. The highest BCUT2D eigenvalue weighted by atomic mass is 16.5. The Labute approximate surface area is 145 Å². The van der Waals surface area contributed by atoms with Crippen LogP contribution in [0.1, 0.15) is 43.7 Å². The standard InChI is InChI=1S/C19H30N2O3/c1-20(14-19(23)21-12-6-4-3-5-7-13-21)18(15-22)16-8-10-17(24-2)11-9-16/h8-11,18,22H,3-7,12-15H2,1-2H3/t18-/m0/s1. The van der Waals surface area contributed by atoms with E-state index in [2.05, 4.69) is 0 Å². The first-order valence-electron chi connectivity index (χ1n) is 8.88. The van der Waals surface area contributed by atoms with Crippen LogP contribution in [-0.4, -0.2) is 61.2 Å². The highest BCUT2D eigenvalue weighted by Crippen LogP contribution is 2.22. The molecular formula is C19H30N2O3. The Morgan fingerprint density at radius 3 is 2.29 bits per heavy atom. The van der Waals surface area contributed by atoms with E-state index in [4.69, 9.17) is 4.74 Å². The predicted molar refractivity (Wildman–Crippen MR) is 95.1 cm³/mol. The summed E-state index contributed by atoms with van der Waals surface area (Å²) >= 11 is 0. The predicted octanol–water partition coefficient (Wildman–Crippen LogP) is 2.45. The molecule has 0 saturated carbocycles. The molecule has 1 saturated heterocycles. The van der Waals surface area contributed by atoms with Crippen molar-refractivity contribution in [2.45, 2.75) is 38.1 Å². The first-order valence-corrected chi connectivity index (χ1v) is 8.88. The molecule has 0 unspecified atom stereocenters. The Hall–Kier alpha value is -1.59. The third kappa shape index (κ3) is 5.21. The third-order valence-electron chi connectivity index (χ3n) is 4.80. The van der Waals surface area contributed by atoms with Gasteiger partial charge in [-0.1, -0.05) is 31.4 Å². The zero-order valence-corrected chi connectivity index (χ0v) is 14.9. The van der Waals surface area contributed by atoms with Gasteiger partial charge in [0.2, 0.25) is 5.91 Å². The molecule has 0 aromatic heterocycles. The van der Waals surface area contributed by atoms with Crippen molar-refractivity contribution in [1.82, 2.24) is 9.80 Å². The summed E-state index contributed by atoms with van der Waals surface area (Å²) in [5.41, 5.74) is 0.987. The van der Waals surface area contributed by atoms with Gasteiger partial charge in [0.25, 0.3) is 0 Å². The van der Waals surface area contributed by atoms with Crippen LogP contribution in [0.25, 0.3) is 0 Å². The fraction of sp³-hybridized carbons (Fsp3) is 0.632. The fourth-order valence-corrected chi connectivity index (χ4v) is 3.25. The number of carbonyl (C=O) groups is 1. The molecule has 134 valence electrons. The summed E-state index contributed by atoms with van der Waals surface area (Å²) in [7, 11) is 3.53. The van der Waals surface area contributed by atoms with Gasteiger partial charge in [0.15, 0.2) is 0 Å². The highest BCUT2D eigenvalue weighted by Gasteiger charge is 2.22. The number of hydrogen-bond donors (Lipinski definition) is 1. The molecule has 24 heavy (non-hydrogen) atoms. The molecule has 0 aliphatic carbocycles. The Balaban J connectivity index is 1.96. The summed E-state index contributed by atoms with van der Waals surface area (Å²) in [6.45, 7) is 2.03. The molecule has 0 spiro atoms. The summed E-state index contributed by atoms with van der Waals surface area (Å²) in [4.78, 5) is 16.5. The first-order chi connectivity index (χ1) is 11.7. The number of carbonyl (C=O) groups excluding carboxylic acids is 1. The number of aliphatic hydroxyl groups excluding tert-OH is 1. The van der Waals surface area contributed by atoms with Crippen LogP contribution in [0.4, 0.5) is 0 Å². The Morgan fingerprint density at radius 1 is 1.17 bits per heavy atom. The molecule has 1 aliphatic rings. The quantitative estimate of drug-likeness (QED) is 0.868. The van der Waals surface area contributed by atoms with Gasteiger partial charge >= 0.3 is 0 Å². The van der Waals surface area contributed by atoms with Crippen molar-refractivity contribution in [2.75, 3.05) is 40.4 Å². The second-order valence-corrected chi connectivity index (χ2v) is 6.54. The van der Waals surface area contributed by atoms with Crippen molar-refractivity contribution in [3.8, 4) is 5.75 Å². The molecule has 1 aromatic carbocycles. The Morgan fingerprint density at radius 2 is 1.75 bits per heavy atom. The fourth-order valence-electron chi connectivity index (χ4n) is 3.25. The minimum atomic E-state index is -0.186. The van der Waals surface area contributed by atoms with Gasteiger partial charge < -0.3 is 14.7 Å². The second kappa shape index (κ2) is 9.64. The average Bonchev–Trinajstić information content (AvgIpc) is 2.55. The number of benzene rings is 1. The van der Waals surface area contributed by atoms with E-state index in [0.717, 1.165) is 37.2 Å². The molecule has 1 aliphatic heterocycles. The summed E-state index contributed by atoms with van der Waals surface area (Å²) < 4.78 is 5.17. The molecule has 1 heterocycles. The monoisotopic (exact) mass is 334 g/mol. The molecule has 0 radical (unpaired) electrons. The molecule has 5 heteroatoms. The van der Waals surface area contributed by atoms with Gasteiger partial charge in [-0.2, -0.15) is 0 Å². The van der Waals surface area contributed by atoms with Crippen molar-refractivity contribution in [2.24, 2.45) is 0 Å². The minimum Gasteiger partial charge on any atom is -0.497 e. The zero-order chi connectivity index (χ0) is 17.4.